The van der Waals surface area contributed by atoms with Gasteiger partial charge in [0.2, 0.25) is 0 Å². The molecule has 1 aliphatic heterocycles. The van der Waals surface area contributed by atoms with Crippen molar-refractivity contribution >= 4 is 11.9 Å². The minimum atomic E-state index is -1.59. The zero-order valence-electron chi connectivity index (χ0n) is 45.4. The van der Waals surface area contributed by atoms with Crippen molar-refractivity contribution in [1.29, 1.82) is 0 Å². The molecule has 0 amide bonds. The smallest absolute Gasteiger partial charge is 0.306 e. The second kappa shape index (κ2) is 50.2. The highest BCUT2D eigenvalue weighted by molar-refractivity contribution is 5.70. The lowest BCUT2D eigenvalue weighted by atomic mass is 9.99. The van der Waals surface area contributed by atoms with E-state index in [9.17, 15) is 30.0 Å². The van der Waals surface area contributed by atoms with E-state index in [-0.39, 0.29) is 32.0 Å². The molecule has 0 aromatic rings. The van der Waals surface area contributed by atoms with Gasteiger partial charge < -0.3 is 39.4 Å². The van der Waals surface area contributed by atoms with Gasteiger partial charge >= 0.3 is 11.9 Å². The van der Waals surface area contributed by atoms with Gasteiger partial charge in [-0.1, -0.05) is 284 Å². The van der Waals surface area contributed by atoms with Crippen LogP contribution in [0.4, 0.5) is 0 Å². The Kier molecular flexibility index (Phi) is 47.8. The average molecular weight is 984 g/mol. The number of aliphatic hydroxyl groups excluding tert-OH is 4. The van der Waals surface area contributed by atoms with E-state index in [0.29, 0.717) is 6.42 Å². The van der Waals surface area contributed by atoms with Crippen molar-refractivity contribution < 1.29 is 49.0 Å². The molecule has 1 rings (SSSR count). The van der Waals surface area contributed by atoms with Gasteiger partial charge in [0, 0.05) is 12.8 Å². The fraction of sp³-hybridized carbons (Fsp3) is 0.966. The van der Waals surface area contributed by atoms with Crippen molar-refractivity contribution in [2.45, 2.75) is 346 Å². The quantitative estimate of drug-likeness (QED) is 0.0342. The number of rotatable bonds is 53. The molecule has 1 fully saturated rings. The highest BCUT2D eigenvalue weighted by atomic mass is 16.7. The molecule has 10 nitrogen and oxygen atoms in total. The number of hydrogen-bond acceptors (Lipinski definition) is 10. The normalized spacial score (nSPS) is 18.7. The summed E-state index contributed by atoms with van der Waals surface area (Å²) in [5.74, 6) is -0.780. The van der Waals surface area contributed by atoms with Crippen LogP contribution in [0.1, 0.15) is 309 Å². The van der Waals surface area contributed by atoms with Gasteiger partial charge in [-0.25, -0.2) is 0 Å². The zero-order valence-corrected chi connectivity index (χ0v) is 45.4. The van der Waals surface area contributed by atoms with Crippen molar-refractivity contribution in [2.24, 2.45) is 0 Å². The van der Waals surface area contributed by atoms with Gasteiger partial charge in [0.05, 0.1) is 13.2 Å². The zero-order chi connectivity index (χ0) is 50.1. The van der Waals surface area contributed by atoms with E-state index in [1.807, 2.05) is 0 Å². The van der Waals surface area contributed by atoms with Crippen LogP contribution < -0.4 is 0 Å². The maximum Gasteiger partial charge on any atom is 0.306 e. The lowest BCUT2D eigenvalue weighted by molar-refractivity contribution is -0.305. The molecule has 0 saturated carbocycles. The van der Waals surface area contributed by atoms with Crippen molar-refractivity contribution in [2.75, 3.05) is 19.8 Å². The Morgan fingerprint density at radius 2 is 0.681 bits per heavy atom. The molecule has 0 aromatic carbocycles. The predicted octanol–water partition coefficient (Wildman–Crippen LogP) is 15.2. The summed E-state index contributed by atoms with van der Waals surface area (Å²) in [5, 5.41) is 40.3. The highest BCUT2D eigenvalue weighted by Gasteiger charge is 2.44. The molecule has 1 aliphatic rings. The lowest BCUT2D eigenvalue weighted by Gasteiger charge is -2.39. The third-order valence-corrected chi connectivity index (χ3v) is 14.5. The first-order valence-electron chi connectivity index (χ1n) is 30.1. The van der Waals surface area contributed by atoms with Crippen LogP contribution in [-0.2, 0) is 28.5 Å². The van der Waals surface area contributed by atoms with Crippen molar-refractivity contribution in [1.82, 2.24) is 0 Å². The molecule has 1 saturated heterocycles. The Balaban J connectivity index is 2.16. The number of ether oxygens (including phenoxy) is 4. The summed E-state index contributed by atoms with van der Waals surface area (Å²) in [7, 11) is 0. The third-order valence-electron chi connectivity index (χ3n) is 14.5. The second-order valence-corrected chi connectivity index (χ2v) is 21.2. The van der Waals surface area contributed by atoms with E-state index >= 15 is 0 Å². The number of hydrogen-bond donors (Lipinski definition) is 4. The number of unbranched alkanes of at least 4 members (excludes halogenated alkanes) is 42. The SMILES string of the molecule is CCCCCCCCCCCCCCCCCCCCCCCCC(=O)OC[C@@H](CO[C@H]1O[C@@H](CO)[C@@H](O)C(O)C1O)OC(=O)CCCCCCCCCCCCCCCCCCCCCCCC. The van der Waals surface area contributed by atoms with Gasteiger partial charge in [-0.05, 0) is 12.8 Å². The maximum absolute atomic E-state index is 12.9. The molecule has 0 bridgehead atoms. The van der Waals surface area contributed by atoms with E-state index in [1.54, 1.807) is 0 Å². The van der Waals surface area contributed by atoms with Gasteiger partial charge in [-0.2, -0.15) is 0 Å². The van der Waals surface area contributed by atoms with Crippen LogP contribution in [0.3, 0.4) is 0 Å². The molecule has 1 heterocycles. The van der Waals surface area contributed by atoms with Crippen LogP contribution in [0.2, 0.25) is 0 Å². The summed E-state index contributed by atoms with van der Waals surface area (Å²) in [6, 6.07) is 0. The third kappa shape index (κ3) is 40.8. The molecule has 410 valence electrons. The van der Waals surface area contributed by atoms with Crippen molar-refractivity contribution in [3.05, 3.63) is 0 Å². The molecule has 10 heteroatoms. The van der Waals surface area contributed by atoms with Crippen LogP contribution in [-0.4, -0.2) is 89.0 Å². The van der Waals surface area contributed by atoms with E-state index < -0.39 is 49.4 Å². The van der Waals surface area contributed by atoms with Crippen LogP contribution in [0.25, 0.3) is 0 Å². The first kappa shape index (κ1) is 65.7. The highest BCUT2D eigenvalue weighted by Crippen LogP contribution is 2.23. The molecule has 0 spiro atoms. The molecule has 4 N–H and O–H groups in total. The first-order valence-corrected chi connectivity index (χ1v) is 30.1. The number of esters is 2. The topological polar surface area (TPSA) is 152 Å². The van der Waals surface area contributed by atoms with Gasteiger partial charge in [0.25, 0.3) is 0 Å². The Hall–Kier alpha value is -1.30. The summed E-state index contributed by atoms with van der Waals surface area (Å²) in [6.45, 7) is 3.51. The standard InChI is InChI=1S/C59H114O10/c1-3-5-7-9-11-13-15-17-19-21-23-25-27-29-31-33-35-37-39-41-43-45-47-54(61)66-50-52(51-67-59-58(65)57(64)56(63)53(49-60)69-59)68-55(62)48-46-44-42-40-38-36-34-32-30-28-26-24-22-20-18-16-14-12-10-8-6-4-2/h52-53,56-60,63-65H,3-51H2,1-2H3/t52-,53-,56+,57?,58?,59-/m0/s1. The van der Waals surface area contributed by atoms with Crippen molar-refractivity contribution in [3.63, 3.8) is 0 Å². The van der Waals surface area contributed by atoms with E-state index in [2.05, 4.69) is 13.8 Å². The Bertz CT molecular complexity index is 1090. The summed E-state index contributed by atoms with van der Waals surface area (Å²) < 4.78 is 22.4. The monoisotopic (exact) mass is 983 g/mol. The van der Waals surface area contributed by atoms with Crippen LogP contribution in [0, 0.1) is 0 Å². The number of aliphatic hydroxyl groups is 4. The van der Waals surface area contributed by atoms with Crippen molar-refractivity contribution in [3.8, 4) is 0 Å². The Labute approximate surface area is 425 Å². The van der Waals surface area contributed by atoms with Gasteiger partial charge in [0.1, 0.15) is 31.0 Å². The fourth-order valence-corrected chi connectivity index (χ4v) is 9.78. The summed E-state index contributed by atoms with van der Waals surface area (Å²) in [5.41, 5.74) is 0. The van der Waals surface area contributed by atoms with Gasteiger partial charge in [-0.15, -0.1) is 0 Å². The average Bonchev–Trinajstić information content (AvgIpc) is 3.35. The Morgan fingerprint density at radius 1 is 0.391 bits per heavy atom. The van der Waals surface area contributed by atoms with Gasteiger partial charge in [0.15, 0.2) is 12.4 Å². The molecule has 6 atom stereocenters. The molecular weight excluding hydrogens is 869 g/mol. The van der Waals surface area contributed by atoms with E-state index in [1.165, 1.54) is 244 Å². The van der Waals surface area contributed by atoms with Crippen LogP contribution in [0.15, 0.2) is 0 Å². The molecule has 2 unspecified atom stereocenters. The molecule has 0 radical (unpaired) electrons. The van der Waals surface area contributed by atoms with E-state index in [4.69, 9.17) is 18.9 Å². The molecule has 69 heavy (non-hydrogen) atoms. The minimum Gasteiger partial charge on any atom is -0.462 e. The number of carbonyl (C=O) groups is 2. The molecule has 0 aromatic heterocycles. The minimum absolute atomic E-state index is 0.208. The second-order valence-electron chi connectivity index (χ2n) is 21.2. The fourth-order valence-electron chi connectivity index (χ4n) is 9.78. The molecular formula is C59H114O10. The predicted molar refractivity (Wildman–Crippen MR) is 284 cm³/mol. The van der Waals surface area contributed by atoms with Crippen LogP contribution in [0.5, 0.6) is 0 Å². The van der Waals surface area contributed by atoms with Gasteiger partial charge in [-0.3, -0.25) is 9.59 Å². The van der Waals surface area contributed by atoms with Crippen LogP contribution >= 0.6 is 0 Å². The first-order chi connectivity index (χ1) is 33.8. The summed E-state index contributed by atoms with van der Waals surface area (Å²) >= 11 is 0. The Morgan fingerprint density at radius 3 is 0.986 bits per heavy atom. The summed E-state index contributed by atoms with van der Waals surface area (Å²) in [6.07, 6.45) is 49.8. The summed E-state index contributed by atoms with van der Waals surface area (Å²) in [4.78, 5) is 25.6. The molecule has 0 aliphatic carbocycles. The number of carbonyl (C=O) groups excluding carboxylic acids is 2. The maximum atomic E-state index is 12.9. The lowest BCUT2D eigenvalue weighted by Crippen LogP contribution is -2.59. The largest absolute Gasteiger partial charge is 0.462 e. The van der Waals surface area contributed by atoms with E-state index in [0.717, 1.165) is 32.1 Å².